The van der Waals surface area contributed by atoms with Crippen LogP contribution in [0.2, 0.25) is 0 Å². The Bertz CT molecular complexity index is 991. The van der Waals surface area contributed by atoms with Gasteiger partial charge in [0.25, 0.3) is 0 Å². The van der Waals surface area contributed by atoms with Crippen molar-refractivity contribution in [1.82, 2.24) is 9.38 Å². The number of hydrogen-bond acceptors (Lipinski definition) is 4. The predicted octanol–water partition coefficient (Wildman–Crippen LogP) is 4.61. The molecule has 24 heavy (non-hydrogen) atoms. The third-order valence-corrected chi connectivity index (χ3v) is 4.90. The van der Waals surface area contributed by atoms with Gasteiger partial charge < -0.3 is 10.1 Å². The molecule has 4 rings (SSSR count). The lowest BCUT2D eigenvalue weighted by atomic mass is 10.1. The molecule has 0 aliphatic rings. The van der Waals surface area contributed by atoms with E-state index in [4.69, 9.17) is 9.72 Å². The highest BCUT2D eigenvalue weighted by Gasteiger charge is 2.11. The average molecular weight is 340 g/mol. The van der Waals surface area contributed by atoms with Gasteiger partial charge in [0.1, 0.15) is 19.0 Å². The summed E-state index contributed by atoms with van der Waals surface area (Å²) in [7, 11) is 1.90. The van der Waals surface area contributed by atoms with E-state index in [9.17, 15) is 4.39 Å². The quantitative estimate of drug-likeness (QED) is 0.577. The molecular formula is C18H16FN3OS. The molecule has 1 N–H and O–H groups in total. The molecule has 0 aliphatic heterocycles. The second-order valence-corrected chi connectivity index (χ2v) is 6.38. The molecule has 0 aliphatic carbocycles. The van der Waals surface area contributed by atoms with Crippen LogP contribution in [0.15, 0.2) is 48.7 Å². The molecule has 0 fully saturated rings. The molecule has 0 radical (unpaired) electrons. The van der Waals surface area contributed by atoms with Gasteiger partial charge in [-0.3, -0.25) is 4.40 Å². The number of anilines is 1. The van der Waals surface area contributed by atoms with Crippen LogP contribution in [-0.4, -0.2) is 29.7 Å². The molecule has 4 aromatic rings. The van der Waals surface area contributed by atoms with E-state index in [2.05, 4.69) is 21.9 Å². The third kappa shape index (κ3) is 2.59. The number of aromatic nitrogens is 2. The van der Waals surface area contributed by atoms with E-state index in [-0.39, 0.29) is 6.61 Å². The molecule has 2 aromatic carbocycles. The average Bonchev–Trinajstić information content (AvgIpc) is 3.17. The van der Waals surface area contributed by atoms with E-state index in [1.807, 2.05) is 43.6 Å². The van der Waals surface area contributed by atoms with Crippen LogP contribution in [0.4, 0.5) is 10.1 Å². The number of thiazole rings is 1. The van der Waals surface area contributed by atoms with E-state index in [0.717, 1.165) is 32.1 Å². The van der Waals surface area contributed by atoms with Gasteiger partial charge in [-0.05, 0) is 30.3 Å². The van der Waals surface area contributed by atoms with Gasteiger partial charge in [-0.25, -0.2) is 9.37 Å². The molecule has 0 atom stereocenters. The van der Waals surface area contributed by atoms with Crippen LogP contribution in [0.1, 0.15) is 0 Å². The molecule has 0 spiro atoms. The fourth-order valence-electron chi connectivity index (χ4n) is 2.67. The fraction of sp³-hybridized carbons (Fsp3) is 0.167. The molecule has 2 aromatic heterocycles. The highest BCUT2D eigenvalue weighted by molar-refractivity contribution is 7.23. The first kappa shape index (κ1) is 15.0. The van der Waals surface area contributed by atoms with Gasteiger partial charge in [-0.15, -0.1) is 0 Å². The van der Waals surface area contributed by atoms with Crippen molar-refractivity contribution in [2.75, 3.05) is 25.6 Å². The van der Waals surface area contributed by atoms with Gasteiger partial charge in [0.2, 0.25) is 0 Å². The van der Waals surface area contributed by atoms with Crippen molar-refractivity contribution in [3.8, 4) is 17.0 Å². The van der Waals surface area contributed by atoms with Crippen molar-refractivity contribution in [3.63, 3.8) is 0 Å². The summed E-state index contributed by atoms with van der Waals surface area (Å²) in [4.78, 5) is 5.66. The maximum atomic E-state index is 12.2. The Morgan fingerprint density at radius 2 is 2.04 bits per heavy atom. The minimum atomic E-state index is -0.485. The van der Waals surface area contributed by atoms with Crippen LogP contribution in [0.25, 0.3) is 26.4 Å². The Kier molecular flexibility index (Phi) is 3.82. The van der Waals surface area contributed by atoms with Gasteiger partial charge in [0.05, 0.1) is 15.9 Å². The van der Waals surface area contributed by atoms with Gasteiger partial charge >= 0.3 is 0 Å². The zero-order valence-electron chi connectivity index (χ0n) is 13.1. The second kappa shape index (κ2) is 6.13. The van der Waals surface area contributed by atoms with Crippen LogP contribution < -0.4 is 10.1 Å². The van der Waals surface area contributed by atoms with Crippen molar-refractivity contribution in [1.29, 1.82) is 0 Å². The number of nitrogens with zero attached hydrogens (tertiary/aromatic N) is 2. The molecule has 2 heterocycles. The number of hydrogen-bond donors (Lipinski definition) is 1. The molecular weight excluding hydrogens is 324 g/mol. The summed E-state index contributed by atoms with van der Waals surface area (Å²) in [6.45, 7) is -0.401. The number of imidazole rings is 1. The minimum absolute atomic E-state index is 0.0841. The zero-order valence-corrected chi connectivity index (χ0v) is 13.9. The number of nitrogens with one attached hydrogen (secondary N) is 1. The number of halogens is 1. The van der Waals surface area contributed by atoms with Gasteiger partial charge in [0.15, 0.2) is 4.96 Å². The molecule has 0 saturated carbocycles. The summed E-state index contributed by atoms with van der Waals surface area (Å²) in [6.07, 6.45) is 2.05. The van der Waals surface area contributed by atoms with Crippen molar-refractivity contribution >= 4 is 32.2 Å². The van der Waals surface area contributed by atoms with Crippen molar-refractivity contribution in [3.05, 3.63) is 48.7 Å². The van der Waals surface area contributed by atoms with Crippen LogP contribution in [-0.2, 0) is 0 Å². The van der Waals surface area contributed by atoms with Crippen LogP contribution in [0, 0.1) is 0 Å². The monoisotopic (exact) mass is 340 g/mol. The van der Waals surface area contributed by atoms with Gasteiger partial charge in [-0.2, -0.15) is 0 Å². The Hall–Kier alpha value is -2.60. The Balaban J connectivity index is 1.72. The van der Waals surface area contributed by atoms with E-state index in [1.54, 1.807) is 11.3 Å². The number of benzene rings is 2. The third-order valence-electron chi connectivity index (χ3n) is 3.88. The maximum absolute atomic E-state index is 12.2. The van der Waals surface area contributed by atoms with Gasteiger partial charge in [-0.1, -0.05) is 23.5 Å². The summed E-state index contributed by atoms with van der Waals surface area (Å²) in [5.74, 6) is 0.688. The minimum Gasteiger partial charge on any atom is -0.491 e. The van der Waals surface area contributed by atoms with E-state index >= 15 is 0 Å². The van der Waals surface area contributed by atoms with Gasteiger partial charge in [0, 0.05) is 24.5 Å². The maximum Gasteiger partial charge on any atom is 0.195 e. The lowest BCUT2D eigenvalue weighted by molar-refractivity contribution is 0.273. The van der Waals surface area contributed by atoms with Crippen molar-refractivity contribution in [2.45, 2.75) is 0 Å². The smallest absolute Gasteiger partial charge is 0.195 e. The number of alkyl halides is 1. The first-order chi connectivity index (χ1) is 11.8. The lowest BCUT2D eigenvalue weighted by Gasteiger charge is -2.03. The molecule has 0 unspecified atom stereocenters. The Morgan fingerprint density at radius 1 is 1.21 bits per heavy atom. The summed E-state index contributed by atoms with van der Waals surface area (Å²) in [5.41, 5.74) is 4.18. The van der Waals surface area contributed by atoms with Crippen LogP contribution in [0.3, 0.4) is 0 Å². The molecule has 122 valence electrons. The number of ether oxygens (including phenoxy) is 1. The number of rotatable bonds is 5. The lowest BCUT2D eigenvalue weighted by Crippen LogP contribution is -1.98. The normalized spacial score (nSPS) is 11.2. The largest absolute Gasteiger partial charge is 0.491 e. The SMILES string of the molecule is CNc1ccc(-c2cn3c(n2)sc2cc(OCC[18F])ccc23)cc1. The van der Waals surface area contributed by atoms with E-state index < -0.39 is 6.67 Å². The summed E-state index contributed by atoms with van der Waals surface area (Å²) >= 11 is 1.60. The zero-order chi connectivity index (χ0) is 16.5. The molecule has 0 saturated heterocycles. The Morgan fingerprint density at radius 3 is 2.79 bits per heavy atom. The van der Waals surface area contributed by atoms with E-state index in [0.29, 0.717) is 5.75 Å². The topological polar surface area (TPSA) is 38.6 Å². The summed E-state index contributed by atoms with van der Waals surface area (Å²) < 4.78 is 20.7. The highest BCUT2D eigenvalue weighted by Crippen LogP contribution is 2.32. The summed E-state index contributed by atoms with van der Waals surface area (Å²) in [6, 6.07) is 14.0. The van der Waals surface area contributed by atoms with Crippen molar-refractivity contribution in [2.24, 2.45) is 0 Å². The standard InChI is InChI=1S/C18H16FN3OS/c1-20-13-4-2-12(3-5-13)15-11-22-16-7-6-14(23-9-8-19)10-17(16)24-18(22)21-15/h2-7,10-11,20H,8-9H2,1H3/i19-1. The van der Waals surface area contributed by atoms with Crippen molar-refractivity contribution < 1.29 is 9.13 Å². The molecule has 0 bridgehead atoms. The fourth-order valence-corrected chi connectivity index (χ4v) is 3.71. The highest BCUT2D eigenvalue weighted by atomic mass is 32.1. The first-order valence-corrected chi connectivity index (χ1v) is 8.49. The number of fused-ring (bicyclic) bond motifs is 3. The Labute approximate surface area is 142 Å². The van der Waals surface area contributed by atoms with Crippen LogP contribution >= 0.6 is 11.3 Å². The molecule has 6 heteroatoms. The second-order valence-electron chi connectivity index (χ2n) is 5.38. The van der Waals surface area contributed by atoms with Crippen LogP contribution in [0.5, 0.6) is 5.75 Å². The predicted molar refractivity (Wildman–Crippen MR) is 97.0 cm³/mol. The summed E-state index contributed by atoms with van der Waals surface area (Å²) in [5, 5.41) is 3.11. The van der Waals surface area contributed by atoms with E-state index in [1.165, 1.54) is 0 Å². The molecule has 4 nitrogen and oxygen atoms in total. The first-order valence-electron chi connectivity index (χ1n) is 7.67. The molecule has 0 amide bonds.